The summed E-state index contributed by atoms with van der Waals surface area (Å²) in [5.41, 5.74) is 2.74. The third-order valence-electron chi connectivity index (χ3n) is 6.60. The zero-order chi connectivity index (χ0) is 25.9. The Kier molecular flexibility index (Phi) is 7.43. The number of pyridine rings is 1. The summed E-state index contributed by atoms with van der Waals surface area (Å²) in [6.07, 6.45) is 5.04. The van der Waals surface area contributed by atoms with Gasteiger partial charge in [0.1, 0.15) is 0 Å². The van der Waals surface area contributed by atoms with Crippen LogP contribution >= 0.6 is 0 Å². The fourth-order valence-electron chi connectivity index (χ4n) is 4.48. The van der Waals surface area contributed by atoms with Crippen LogP contribution in [-0.2, 0) is 5.92 Å². The third kappa shape index (κ3) is 5.75. The Balaban J connectivity index is 1.57. The molecule has 0 saturated carbocycles. The van der Waals surface area contributed by atoms with Crippen LogP contribution < -0.4 is 21.1 Å². The van der Waals surface area contributed by atoms with E-state index in [1.807, 2.05) is 24.3 Å². The summed E-state index contributed by atoms with van der Waals surface area (Å²) in [5, 5.41) is 5.76. The highest BCUT2D eigenvalue weighted by Gasteiger charge is 2.26. The highest BCUT2D eigenvalue weighted by atomic mass is 19.3. The molecule has 190 valence electrons. The first-order valence-corrected chi connectivity index (χ1v) is 12.3. The Hall–Kier alpha value is -3.68. The quantitative estimate of drug-likeness (QED) is 0.457. The molecule has 36 heavy (non-hydrogen) atoms. The van der Waals surface area contributed by atoms with E-state index < -0.39 is 17.9 Å². The Morgan fingerprint density at radius 3 is 2.42 bits per heavy atom. The SMILES string of the molecule is CNc1cc(C(C)NC(=O)c2ccc(=O)n(-c3cccc(N4CCCCC4)c3)c2)cc(C(C)(F)F)c1. The summed E-state index contributed by atoms with van der Waals surface area (Å²) in [6.45, 7) is 4.55. The van der Waals surface area contributed by atoms with E-state index in [-0.39, 0.29) is 11.1 Å². The second-order valence-electron chi connectivity index (χ2n) is 9.37. The first kappa shape index (κ1) is 25.4. The predicted molar refractivity (Wildman–Crippen MR) is 140 cm³/mol. The molecule has 0 bridgehead atoms. The predicted octanol–water partition coefficient (Wildman–Crippen LogP) is 5.47. The fourth-order valence-corrected chi connectivity index (χ4v) is 4.48. The number of anilines is 2. The van der Waals surface area contributed by atoms with Gasteiger partial charge >= 0.3 is 0 Å². The standard InChI is InChI=1S/C28H32F2N4O2/c1-19(21-14-22(28(2,29)30)16-23(15-21)31-3)32-27(36)20-10-11-26(35)34(18-20)25-9-7-8-24(17-25)33-12-5-4-6-13-33/h7-11,14-19,31H,4-6,12-13H2,1-3H3,(H,32,36). The zero-order valence-corrected chi connectivity index (χ0v) is 20.9. The molecule has 8 heteroatoms. The number of nitrogens with zero attached hydrogens (tertiary/aromatic N) is 2. The largest absolute Gasteiger partial charge is 0.388 e. The van der Waals surface area contributed by atoms with Gasteiger partial charge in [-0.15, -0.1) is 0 Å². The Morgan fingerprint density at radius 2 is 1.72 bits per heavy atom. The third-order valence-corrected chi connectivity index (χ3v) is 6.60. The van der Waals surface area contributed by atoms with E-state index in [2.05, 4.69) is 15.5 Å². The molecule has 6 nitrogen and oxygen atoms in total. The average molecular weight is 495 g/mol. The molecule has 3 aromatic rings. The molecule has 0 radical (unpaired) electrons. The molecule has 1 unspecified atom stereocenters. The molecular weight excluding hydrogens is 462 g/mol. The molecular formula is C28H32F2N4O2. The van der Waals surface area contributed by atoms with Crippen LogP contribution in [0.4, 0.5) is 20.2 Å². The van der Waals surface area contributed by atoms with Crippen molar-refractivity contribution in [1.82, 2.24) is 9.88 Å². The van der Waals surface area contributed by atoms with Crippen LogP contribution in [0.15, 0.2) is 65.6 Å². The van der Waals surface area contributed by atoms with Gasteiger partial charge in [-0.3, -0.25) is 14.2 Å². The molecule has 1 fully saturated rings. The molecule has 1 aliphatic heterocycles. The van der Waals surface area contributed by atoms with Gasteiger partial charge in [0.2, 0.25) is 0 Å². The number of hydrogen-bond acceptors (Lipinski definition) is 4. The average Bonchev–Trinajstić information content (AvgIpc) is 2.88. The van der Waals surface area contributed by atoms with Crippen molar-refractivity contribution >= 4 is 17.3 Å². The number of nitrogens with one attached hydrogen (secondary N) is 2. The van der Waals surface area contributed by atoms with Gasteiger partial charge < -0.3 is 15.5 Å². The summed E-state index contributed by atoms with van der Waals surface area (Å²) in [7, 11) is 1.66. The van der Waals surface area contributed by atoms with E-state index >= 15 is 0 Å². The van der Waals surface area contributed by atoms with E-state index in [1.165, 1.54) is 41.5 Å². The number of rotatable bonds is 7. The molecule has 2 N–H and O–H groups in total. The molecule has 1 atom stereocenters. The molecule has 2 heterocycles. The zero-order valence-electron chi connectivity index (χ0n) is 20.9. The topological polar surface area (TPSA) is 66.4 Å². The molecule has 4 rings (SSSR count). The van der Waals surface area contributed by atoms with Gasteiger partial charge in [-0.05, 0) is 74.2 Å². The molecule has 2 aromatic carbocycles. The van der Waals surface area contributed by atoms with Crippen molar-refractivity contribution in [2.24, 2.45) is 0 Å². The minimum atomic E-state index is -3.01. The van der Waals surface area contributed by atoms with Gasteiger partial charge in [-0.2, -0.15) is 0 Å². The highest BCUT2D eigenvalue weighted by molar-refractivity contribution is 5.94. The summed E-state index contributed by atoms with van der Waals surface area (Å²) >= 11 is 0. The second-order valence-corrected chi connectivity index (χ2v) is 9.37. The summed E-state index contributed by atoms with van der Waals surface area (Å²) in [5.74, 6) is -3.41. The van der Waals surface area contributed by atoms with E-state index in [1.54, 1.807) is 20.0 Å². The number of hydrogen-bond donors (Lipinski definition) is 2. The number of aromatic nitrogens is 1. The minimum Gasteiger partial charge on any atom is -0.388 e. The van der Waals surface area contributed by atoms with Gasteiger partial charge in [0.15, 0.2) is 0 Å². The van der Waals surface area contributed by atoms with Crippen molar-refractivity contribution in [3.63, 3.8) is 0 Å². The number of carbonyl (C=O) groups excluding carboxylic acids is 1. The molecule has 1 aromatic heterocycles. The molecule has 0 aliphatic carbocycles. The number of benzene rings is 2. The van der Waals surface area contributed by atoms with Crippen molar-refractivity contribution in [2.45, 2.75) is 45.1 Å². The Morgan fingerprint density at radius 1 is 1.00 bits per heavy atom. The number of alkyl halides is 2. The lowest BCUT2D eigenvalue weighted by Gasteiger charge is -2.29. The molecule has 1 aliphatic rings. The van der Waals surface area contributed by atoms with Gasteiger partial charge in [0.05, 0.1) is 17.3 Å². The van der Waals surface area contributed by atoms with Crippen LogP contribution in [0.2, 0.25) is 0 Å². The van der Waals surface area contributed by atoms with Gasteiger partial charge in [0.25, 0.3) is 17.4 Å². The molecule has 1 amide bonds. The lowest BCUT2D eigenvalue weighted by atomic mass is 10.0. The van der Waals surface area contributed by atoms with Gasteiger partial charge in [-0.1, -0.05) is 6.07 Å². The normalized spacial score (nSPS) is 14.9. The Labute approximate surface area is 209 Å². The molecule has 1 saturated heterocycles. The van der Waals surface area contributed by atoms with Crippen molar-refractivity contribution in [3.05, 3.63) is 87.8 Å². The van der Waals surface area contributed by atoms with Gasteiger partial charge in [0, 0.05) is 56.3 Å². The van der Waals surface area contributed by atoms with Gasteiger partial charge in [-0.25, -0.2) is 8.78 Å². The van der Waals surface area contributed by atoms with Crippen molar-refractivity contribution in [2.75, 3.05) is 30.4 Å². The van der Waals surface area contributed by atoms with Crippen molar-refractivity contribution in [1.29, 1.82) is 0 Å². The Bertz CT molecular complexity index is 1290. The maximum Gasteiger partial charge on any atom is 0.270 e. The summed E-state index contributed by atoms with van der Waals surface area (Å²) < 4.78 is 29.4. The van der Waals surface area contributed by atoms with E-state index in [9.17, 15) is 18.4 Å². The van der Waals surface area contributed by atoms with Crippen LogP contribution in [0, 0.1) is 0 Å². The summed E-state index contributed by atoms with van der Waals surface area (Å²) in [6, 6.07) is 14.6. The second kappa shape index (κ2) is 10.5. The van der Waals surface area contributed by atoms with Crippen LogP contribution in [0.1, 0.15) is 60.6 Å². The van der Waals surface area contributed by atoms with E-state index in [0.29, 0.717) is 22.5 Å². The number of carbonyl (C=O) groups is 1. The smallest absolute Gasteiger partial charge is 0.270 e. The van der Waals surface area contributed by atoms with Crippen LogP contribution in [0.25, 0.3) is 5.69 Å². The number of piperidine rings is 1. The first-order chi connectivity index (χ1) is 17.2. The number of halogens is 2. The minimum absolute atomic E-state index is 0.132. The first-order valence-electron chi connectivity index (χ1n) is 12.3. The maximum absolute atomic E-state index is 14.0. The van der Waals surface area contributed by atoms with E-state index in [0.717, 1.165) is 38.5 Å². The van der Waals surface area contributed by atoms with Crippen LogP contribution in [0.3, 0.4) is 0 Å². The van der Waals surface area contributed by atoms with E-state index in [4.69, 9.17) is 0 Å². The summed E-state index contributed by atoms with van der Waals surface area (Å²) in [4.78, 5) is 28.1. The molecule has 0 spiro atoms. The highest BCUT2D eigenvalue weighted by Crippen LogP contribution is 2.32. The fraction of sp³-hybridized carbons (Fsp3) is 0.357. The lowest BCUT2D eigenvalue weighted by molar-refractivity contribution is 0.0174. The maximum atomic E-state index is 14.0. The van der Waals surface area contributed by atoms with Crippen LogP contribution in [-0.4, -0.2) is 30.6 Å². The monoisotopic (exact) mass is 494 g/mol. The van der Waals surface area contributed by atoms with Crippen LogP contribution in [0.5, 0.6) is 0 Å². The lowest BCUT2D eigenvalue weighted by Crippen LogP contribution is -2.30. The number of amides is 1. The van der Waals surface area contributed by atoms with Crippen molar-refractivity contribution < 1.29 is 13.6 Å². The van der Waals surface area contributed by atoms with Crippen molar-refractivity contribution in [3.8, 4) is 5.69 Å².